The molecule has 3 aromatic rings. The predicted octanol–water partition coefficient (Wildman–Crippen LogP) is 1.41. The number of phenolic OH excluding ortho intramolecular Hbond substituents is 2. The maximum absolute atomic E-state index is 13.3. The van der Waals surface area contributed by atoms with E-state index in [2.05, 4.69) is 10.3 Å². The number of carbonyl (C=O) groups is 1. The van der Waals surface area contributed by atoms with Gasteiger partial charge >= 0.3 is 0 Å². The van der Waals surface area contributed by atoms with Crippen molar-refractivity contribution in [3.05, 3.63) is 87.9 Å². The van der Waals surface area contributed by atoms with Crippen LogP contribution in [0.15, 0.2) is 71.2 Å². The lowest BCUT2D eigenvalue weighted by molar-refractivity contribution is -0.349. The average molecular weight is 418 g/mol. The minimum Gasteiger partial charge on any atom is -0.508 e. The maximum Gasteiger partial charge on any atom is 0.253 e. The van der Waals surface area contributed by atoms with Crippen molar-refractivity contribution in [2.24, 2.45) is 0 Å². The zero-order valence-corrected chi connectivity index (χ0v) is 16.8. The van der Waals surface area contributed by atoms with E-state index in [0.717, 1.165) is 33.9 Å². The summed E-state index contributed by atoms with van der Waals surface area (Å²) in [5.41, 5.74) is 4.69. The highest BCUT2D eigenvalue weighted by Gasteiger charge is 2.43. The van der Waals surface area contributed by atoms with Crippen LogP contribution in [0, 0.1) is 0 Å². The fraction of sp³-hybridized carbons (Fsp3) is 0.130. The molecule has 3 heterocycles. The van der Waals surface area contributed by atoms with Crippen molar-refractivity contribution >= 4 is 28.7 Å². The summed E-state index contributed by atoms with van der Waals surface area (Å²) in [5.74, 6) is 1.22. The Kier molecular flexibility index (Phi) is 4.52. The zero-order chi connectivity index (χ0) is 20.7. The third kappa shape index (κ3) is 3.33. The minimum absolute atomic E-state index is 0.0172. The molecule has 1 fully saturated rings. The molecule has 30 heavy (non-hydrogen) atoms. The van der Waals surface area contributed by atoms with Gasteiger partial charge in [-0.2, -0.15) is 11.3 Å². The Labute approximate surface area is 177 Å². The molecule has 2 aliphatic heterocycles. The summed E-state index contributed by atoms with van der Waals surface area (Å²) in [6, 6.07) is 15.6. The third-order valence-corrected chi connectivity index (χ3v) is 6.06. The smallest absolute Gasteiger partial charge is 0.253 e. The predicted molar refractivity (Wildman–Crippen MR) is 115 cm³/mol. The number of carbonyl (C=O) groups excluding carboxylic acids is 1. The second kappa shape index (κ2) is 7.35. The van der Waals surface area contributed by atoms with Gasteiger partial charge in [0.25, 0.3) is 11.6 Å². The Morgan fingerprint density at radius 3 is 2.37 bits per heavy atom. The summed E-state index contributed by atoms with van der Waals surface area (Å²) in [6.45, 7) is 0.422. The lowest BCUT2D eigenvalue weighted by Crippen LogP contribution is -2.75. The van der Waals surface area contributed by atoms with E-state index in [1.807, 2.05) is 41.1 Å². The van der Waals surface area contributed by atoms with Gasteiger partial charge in [0.2, 0.25) is 5.71 Å². The molecule has 0 saturated carbocycles. The van der Waals surface area contributed by atoms with Crippen molar-refractivity contribution in [3.8, 4) is 11.5 Å². The number of nitrogens with one attached hydrogen (secondary N) is 2. The van der Waals surface area contributed by atoms with Crippen LogP contribution in [0.4, 0.5) is 0 Å². The minimum atomic E-state index is -0.376. The second-order valence-electron chi connectivity index (χ2n) is 7.38. The quantitative estimate of drug-likeness (QED) is 0.516. The Bertz CT molecular complexity index is 1150. The first-order valence-electron chi connectivity index (χ1n) is 9.63. The molecule has 1 atom stereocenters. The number of amides is 1. The number of rotatable bonds is 4. The molecule has 7 heteroatoms. The first-order chi connectivity index (χ1) is 14.6. The highest BCUT2D eigenvalue weighted by molar-refractivity contribution is 7.08. The highest BCUT2D eigenvalue weighted by Crippen LogP contribution is 2.26. The number of nitrogens with zero attached hydrogens (tertiary/aromatic N) is 1. The molecule has 0 spiro atoms. The largest absolute Gasteiger partial charge is 0.508 e. The first-order valence-corrected chi connectivity index (χ1v) is 10.6. The summed E-state index contributed by atoms with van der Waals surface area (Å²) < 4.78 is 0. The Morgan fingerprint density at radius 2 is 1.70 bits per heavy atom. The average Bonchev–Trinajstić information content (AvgIpc) is 3.39. The van der Waals surface area contributed by atoms with Crippen LogP contribution in [0.5, 0.6) is 11.5 Å². The highest BCUT2D eigenvalue weighted by atomic mass is 32.1. The fourth-order valence-corrected chi connectivity index (χ4v) is 4.47. The summed E-state index contributed by atoms with van der Waals surface area (Å²) >= 11 is 1.60. The van der Waals surface area contributed by atoms with Crippen LogP contribution < -0.4 is 10.3 Å². The number of thiophene rings is 1. The Hall–Kier alpha value is -3.58. The van der Waals surface area contributed by atoms with Crippen LogP contribution in [0.1, 0.15) is 16.7 Å². The molecule has 0 radical (unpaired) electrons. The number of fused-ring (bicyclic) bond motifs is 1. The van der Waals surface area contributed by atoms with Crippen LogP contribution in [0.2, 0.25) is 0 Å². The summed E-state index contributed by atoms with van der Waals surface area (Å²) in [5, 5.41) is 26.6. The van der Waals surface area contributed by atoms with Crippen molar-refractivity contribution in [2.75, 3.05) is 6.54 Å². The zero-order valence-electron chi connectivity index (χ0n) is 16.0. The van der Waals surface area contributed by atoms with Crippen molar-refractivity contribution in [3.63, 3.8) is 0 Å². The lowest BCUT2D eigenvalue weighted by Gasteiger charge is -2.20. The number of benzene rings is 2. The van der Waals surface area contributed by atoms with E-state index >= 15 is 0 Å². The molecular weight excluding hydrogens is 398 g/mol. The maximum atomic E-state index is 13.3. The van der Waals surface area contributed by atoms with Gasteiger partial charge in [0.1, 0.15) is 24.1 Å². The molecule has 2 aliphatic rings. The van der Waals surface area contributed by atoms with Gasteiger partial charge in [-0.3, -0.25) is 9.69 Å². The molecule has 6 nitrogen and oxygen atoms in total. The van der Waals surface area contributed by atoms with Gasteiger partial charge in [0, 0.05) is 17.4 Å². The molecule has 150 valence electrons. The van der Waals surface area contributed by atoms with E-state index in [1.165, 1.54) is 0 Å². The van der Waals surface area contributed by atoms with Crippen LogP contribution in [0.25, 0.3) is 5.70 Å². The molecule has 2 aromatic carbocycles. The van der Waals surface area contributed by atoms with E-state index in [9.17, 15) is 15.0 Å². The van der Waals surface area contributed by atoms with E-state index in [1.54, 1.807) is 40.5 Å². The van der Waals surface area contributed by atoms with Crippen LogP contribution in [0.3, 0.4) is 0 Å². The van der Waals surface area contributed by atoms with Crippen molar-refractivity contribution in [1.29, 1.82) is 0 Å². The Balaban J connectivity index is 1.50. The van der Waals surface area contributed by atoms with Crippen molar-refractivity contribution in [1.82, 2.24) is 10.2 Å². The van der Waals surface area contributed by atoms with Crippen molar-refractivity contribution in [2.45, 2.75) is 12.5 Å². The molecule has 1 aromatic heterocycles. The van der Waals surface area contributed by atoms with Gasteiger partial charge in [-0.25, -0.2) is 4.99 Å². The van der Waals surface area contributed by atoms with Gasteiger partial charge < -0.3 is 15.5 Å². The molecule has 5 rings (SSSR count). The van der Waals surface area contributed by atoms with Crippen molar-refractivity contribution < 1.29 is 20.0 Å². The molecule has 1 saturated heterocycles. The fourth-order valence-electron chi connectivity index (χ4n) is 3.82. The molecule has 4 N–H and O–H groups in total. The normalized spacial score (nSPS) is 18.3. The van der Waals surface area contributed by atoms with E-state index in [-0.39, 0.29) is 23.4 Å². The van der Waals surface area contributed by atoms with Gasteiger partial charge in [-0.05, 0) is 53.4 Å². The number of hydrogen-bond acceptors (Lipinski definition) is 5. The van der Waals surface area contributed by atoms with Gasteiger partial charge in [-0.1, -0.05) is 12.1 Å². The van der Waals surface area contributed by atoms with Crippen LogP contribution in [-0.2, 0) is 11.2 Å². The second-order valence-corrected chi connectivity index (χ2v) is 8.16. The van der Waals surface area contributed by atoms with Crippen LogP contribution in [-0.4, -0.2) is 39.3 Å². The summed E-state index contributed by atoms with van der Waals surface area (Å²) in [4.78, 5) is 18.6. The van der Waals surface area contributed by atoms with E-state index < -0.39 is 0 Å². The van der Waals surface area contributed by atoms with Crippen LogP contribution >= 0.6 is 11.3 Å². The SMILES string of the molecule is O=C1C(Cc2ccc(O)cc2)NC2=C(c3ccsc3)[NH+]=C(c3ccc(O)cc3)CN12. The summed E-state index contributed by atoms with van der Waals surface area (Å²) in [6.07, 6.45) is 0.532. The lowest BCUT2D eigenvalue weighted by atomic mass is 10.1. The number of hydrogen-bond donors (Lipinski definition) is 4. The first kappa shape index (κ1) is 18.4. The summed E-state index contributed by atoms with van der Waals surface area (Å²) in [7, 11) is 0. The van der Waals surface area contributed by atoms with Gasteiger partial charge in [0.15, 0.2) is 5.82 Å². The molecular formula is C23H20N3O3S+. The molecule has 1 amide bonds. The van der Waals surface area contributed by atoms with Gasteiger partial charge in [0.05, 0.1) is 5.56 Å². The van der Waals surface area contributed by atoms with E-state index in [0.29, 0.717) is 13.0 Å². The van der Waals surface area contributed by atoms with E-state index in [4.69, 9.17) is 0 Å². The third-order valence-electron chi connectivity index (χ3n) is 5.38. The molecule has 0 bridgehead atoms. The number of phenols is 2. The number of aromatic hydroxyl groups is 2. The topological polar surface area (TPSA) is 86.8 Å². The van der Waals surface area contributed by atoms with Gasteiger partial charge in [-0.15, -0.1) is 0 Å². The standard InChI is InChI=1S/C23H19N3O3S/c27-17-5-1-14(2-6-17)11-19-23(29)26-12-20(15-3-7-18(28)8-4-15)24-21(22(26)25-19)16-9-10-30-13-16/h1-10,13,19,25,27-28H,11-12H2/p+1. The monoisotopic (exact) mass is 418 g/mol. The Morgan fingerprint density at radius 1 is 1.00 bits per heavy atom. The molecule has 0 aliphatic carbocycles. The molecule has 1 unspecified atom stereocenters.